The third-order valence-electron chi connectivity index (χ3n) is 2.89. The largest absolute Gasteiger partial charge is 0.300 e. The van der Waals surface area contributed by atoms with Gasteiger partial charge in [0.2, 0.25) is 0 Å². The van der Waals surface area contributed by atoms with Crippen LogP contribution in [0.15, 0.2) is 24.3 Å². The number of nitrogens with zero attached hydrogens (tertiary/aromatic N) is 1. The fourth-order valence-electron chi connectivity index (χ4n) is 1.86. The highest BCUT2D eigenvalue weighted by molar-refractivity contribution is 6.22. The molecule has 17 heavy (non-hydrogen) atoms. The van der Waals surface area contributed by atoms with E-state index in [4.69, 9.17) is 0 Å². The van der Waals surface area contributed by atoms with Crippen LogP contribution in [0.3, 0.4) is 0 Å². The summed E-state index contributed by atoms with van der Waals surface area (Å²) in [6.07, 6.45) is 0.672. The Labute approximate surface area is 100 Å². The predicted molar refractivity (Wildman–Crippen MR) is 64.8 cm³/mol. The first kappa shape index (κ1) is 11.6. The van der Waals surface area contributed by atoms with E-state index in [0.717, 1.165) is 4.90 Å². The molecule has 5 heteroatoms. The Balaban J connectivity index is 2.16. The lowest BCUT2D eigenvalue weighted by molar-refractivity contribution is -0.117. The number of carbonyl (C=O) groups is 3. The van der Waals surface area contributed by atoms with Crippen molar-refractivity contribution in [2.45, 2.75) is 12.7 Å². The molecule has 0 atom stereocenters. The minimum atomic E-state index is -0.297. The molecular formula is C12H12BNO3. The number of imide groups is 1. The van der Waals surface area contributed by atoms with Crippen molar-refractivity contribution in [3.63, 3.8) is 0 Å². The van der Waals surface area contributed by atoms with Crippen molar-refractivity contribution in [1.82, 2.24) is 4.90 Å². The minimum absolute atomic E-state index is 0.0570. The zero-order valence-corrected chi connectivity index (χ0v) is 9.60. The van der Waals surface area contributed by atoms with Crippen molar-refractivity contribution in [1.29, 1.82) is 0 Å². The van der Waals surface area contributed by atoms with E-state index in [0.29, 0.717) is 17.4 Å². The molecule has 1 aliphatic rings. The molecular weight excluding hydrogens is 217 g/mol. The molecule has 0 bridgehead atoms. The van der Waals surface area contributed by atoms with Crippen LogP contribution in [0, 0.1) is 0 Å². The van der Waals surface area contributed by atoms with Gasteiger partial charge in [-0.2, -0.15) is 0 Å². The van der Waals surface area contributed by atoms with Crippen molar-refractivity contribution in [2.75, 3.05) is 6.54 Å². The smallest absolute Gasteiger partial charge is 0.261 e. The van der Waals surface area contributed by atoms with Gasteiger partial charge in [0, 0.05) is 13.0 Å². The van der Waals surface area contributed by atoms with Crippen molar-refractivity contribution in [2.24, 2.45) is 0 Å². The lowest BCUT2D eigenvalue weighted by atomic mass is 9.99. The number of hydrogen-bond acceptors (Lipinski definition) is 3. The highest BCUT2D eigenvalue weighted by atomic mass is 16.2. The molecule has 2 rings (SSSR count). The molecule has 0 saturated heterocycles. The third kappa shape index (κ3) is 2.00. The maximum absolute atomic E-state index is 11.9. The Morgan fingerprint density at radius 1 is 1.12 bits per heavy atom. The van der Waals surface area contributed by atoms with E-state index in [-0.39, 0.29) is 30.6 Å². The molecule has 0 aromatic heterocycles. The molecule has 0 aliphatic carbocycles. The van der Waals surface area contributed by atoms with Gasteiger partial charge in [-0.25, -0.2) is 0 Å². The van der Waals surface area contributed by atoms with E-state index in [2.05, 4.69) is 0 Å². The highest BCUT2D eigenvalue weighted by Crippen LogP contribution is 2.22. The molecule has 0 unspecified atom stereocenters. The molecule has 0 saturated carbocycles. The van der Waals surface area contributed by atoms with E-state index in [1.54, 1.807) is 32.1 Å². The number of benzene rings is 1. The number of hydrogen-bond donors (Lipinski definition) is 0. The maximum Gasteiger partial charge on any atom is 0.261 e. The summed E-state index contributed by atoms with van der Waals surface area (Å²) >= 11 is 0. The maximum atomic E-state index is 11.9. The van der Waals surface area contributed by atoms with Crippen molar-refractivity contribution < 1.29 is 14.4 Å². The minimum Gasteiger partial charge on any atom is -0.300 e. The van der Waals surface area contributed by atoms with Crippen LogP contribution in [0.2, 0.25) is 6.32 Å². The molecule has 1 heterocycles. The third-order valence-corrected chi connectivity index (χ3v) is 2.89. The molecule has 1 aliphatic heterocycles. The van der Waals surface area contributed by atoms with E-state index in [1.165, 1.54) is 0 Å². The van der Waals surface area contributed by atoms with E-state index in [9.17, 15) is 14.4 Å². The van der Waals surface area contributed by atoms with Crippen LogP contribution >= 0.6 is 0 Å². The molecule has 86 valence electrons. The van der Waals surface area contributed by atoms with Crippen molar-refractivity contribution >= 4 is 25.4 Å². The Bertz CT molecular complexity index is 463. The number of Topliss-reactive ketones (excluding diaryl/α,β-unsaturated/α-hetero) is 1. The second-order valence-corrected chi connectivity index (χ2v) is 3.95. The van der Waals surface area contributed by atoms with E-state index in [1.807, 2.05) is 0 Å². The second kappa shape index (κ2) is 4.53. The Kier molecular flexibility index (Phi) is 3.09. The van der Waals surface area contributed by atoms with Gasteiger partial charge in [0.1, 0.15) is 13.6 Å². The molecule has 2 amide bonds. The number of amides is 2. The molecule has 0 radical (unpaired) electrons. The summed E-state index contributed by atoms with van der Waals surface area (Å²) in [5, 5.41) is 0. The summed E-state index contributed by atoms with van der Waals surface area (Å²) in [7, 11) is 1.77. The number of ketones is 1. The van der Waals surface area contributed by atoms with Crippen molar-refractivity contribution in [3.05, 3.63) is 35.4 Å². The van der Waals surface area contributed by atoms with Gasteiger partial charge in [0.15, 0.2) is 0 Å². The number of fused-ring (bicyclic) bond motifs is 1. The van der Waals surface area contributed by atoms with Crippen LogP contribution in [-0.2, 0) is 4.79 Å². The van der Waals surface area contributed by atoms with Gasteiger partial charge in [-0.15, -0.1) is 0 Å². The Morgan fingerprint density at radius 3 is 2.12 bits per heavy atom. The second-order valence-electron chi connectivity index (χ2n) is 3.95. The predicted octanol–water partition coefficient (Wildman–Crippen LogP) is 0.293. The van der Waals surface area contributed by atoms with Gasteiger partial charge in [0.05, 0.1) is 11.1 Å². The van der Waals surface area contributed by atoms with E-state index < -0.39 is 0 Å². The Morgan fingerprint density at radius 2 is 1.65 bits per heavy atom. The number of rotatable bonds is 4. The molecule has 1 aromatic carbocycles. The van der Waals surface area contributed by atoms with Gasteiger partial charge in [-0.05, 0) is 18.5 Å². The van der Waals surface area contributed by atoms with Gasteiger partial charge in [0.25, 0.3) is 11.8 Å². The van der Waals surface area contributed by atoms with Crippen LogP contribution in [0.25, 0.3) is 0 Å². The molecule has 4 nitrogen and oxygen atoms in total. The molecule has 1 aromatic rings. The summed E-state index contributed by atoms with van der Waals surface area (Å²) in [6.45, 7) is 0.180. The zero-order chi connectivity index (χ0) is 12.4. The zero-order valence-electron chi connectivity index (χ0n) is 9.60. The standard InChI is InChI=1S/C12H12BNO3/c13-7-8(15)5-6-14-11(16)9-3-1-2-4-10(9)12(14)17/h1-4H,5-7,13H2. The first-order valence-corrected chi connectivity index (χ1v) is 5.62. The van der Waals surface area contributed by atoms with Gasteiger partial charge >= 0.3 is 0 Å². The monoisotopic (exact) mass is 229 g/mol. The van der Waals surface area contributed by atoms with Crippen LogP contribution in [-0.4, -0.2) is 36.9 Å². The molecule has 0 spiro atoms. The van der Waals surface area contributed by atoms with E-state index >= 15 is 0 Å². The topological polar surface area (TPSA) is 54.5 Å². The summed E-state index contributed by atoms with van der Waals surface area (Å²) in [5.74, 6) is -0.537. The van der Waals surface area contributed by atoms with Crippen LogP contribution in [0.4, 0.5) is 0 Å². The average Bonchev–Trinajstić information content (AvgIpc) is 2.60. The summed E-state index contributed by atoms with van der Waals surface area (Å²) in [4.78, 5) is 36.2. The Hall–Kier alpha value is -1.91. The summed E-state index contributed by atoms with van der Waals surface area (Å²) < 4.78 is 0. The van der Waals surface area contributed by atoms with Gasteiger partial charge in [-0.3, -0.25) is 14.5 Å². The average molecular weight is 229 g/mol. The fourth-order valence-corrected chi connectivity index (χ4v) is 1.86. The highest BCUT2D eigenvalue weighted by Gasteiger charge is 2.34. The normalized spacial score (nSPS) is 14.0. The van der Waals surface area contributed by atoms with Crippen LogP contribution < -0.4 is 0 Å². The lowest BCUT2D eigenvalue weighted by Crippen LogP contribution is -2.31. The summed E-state index contributed by atoms with van der Waals surface area (Å²) in [5.41, 5.74) is 0.864. The van der Waals surface area contributed by atoms with Crippen LogP contribution in [0.5, 0.6) is 0 Å². The fraction of sp³-hybridized carbons (Fsp3) is 0.250. The SMILES string of the molecule is BCC(=O)CCN1C(=O)c2ccccc2C1=O. The lowest BCUT2D eigenvalue weighted by Gasteiger charge is -2.12. The van der Waals surface area contributed by atoms with Crippen molar-refractivity contribution in [3.8, 4) is 0 Å². The first-order chi connectivity index (χ1) is 8.15. The number of carbonyl (C=O) groups excluding carboxylic acids is 3. The molecule has 0 fully saturated rings. The quantitative estimate of drug-likeness (QED) is 0.550. The summed E-state index contributed by atoms with van der Waals surface area (Å²) in [6, 6.07) is 6.73. The molecule has 0 N–H and O–H groups in total. The van der Waals surface area contributed by atoms with Gasteiger partial charge < -0.3 is 4.79 Å². The van der Waals surface area contributed by atoms with Crippen LogP contribution in [0.1, 0.15) is 27.1 Å². The first-order valence-electron chi connectivity index (χ1n) is 5.62. The van der Waals surface area contributed by atoms with Gasteiger partial charge in [-0.1, -0.05) is 12.1 Å².